The predicted molar refractivity (Wildman–Crippen MR) is 86.0 cm³/mol. The SMILES string of the molecule is CC(C)c1nnc(-c2sccc2NC(=O)c2ccc(F)c(F)c2)o1. The number of halogens is 2. The van der Waals surface area contributed by atoms with Crippen LogP contribution in [0.2, 0.25) is 0 Å². The Kier molecular flexibility index (Phi) is 4.39. The van der Waals surface area contributed by atoms with Gasteiger partial charge in [0.2, 0.25) is 5.89 Å². The van der Waals surface area contributed by atoms with E-state index in [-0.39, 0.29) is 11.5 Å². The second-order valence-corrected chi connectivity index (χ2v) is 6.26. The van der Waals surface area contributed by atoms with E-state index >= 15 is 0 Å². The fraction of sp³-hybridized carbons (Fsp3) is 0.188. The minimum absolute atomic E-state index is 0.0134. The lowest BCUT2D eigenvalue weighted by molar-refractivity contribution is 0.102. The average molecular weight is 349 g/mol. The molecule has 0 aliphatic rings. The van der Waals surface area contributed by atoms with E-state index < -0.39 is 17.5 Å². The Bertz CT molecular complexity index is 889. The molecule has 0 saturated heterocycles. The second kappa shape index (κ2) is 6.48. The Hall–Kier alpha value is -2.61. The van der Waals surface area contributed by atoms with Crippen LogP contribution in [-0.2, 0) is 0 Å². The molecule has 0 unspecified atom stereocenters. The van der Waals surface area contributed by atoms with E-state index in [9.17, 15) is 13.6 Å². The second-order valence-electron chi connectivity index (χ2n) is 5.35. The molecular weight excluding hydrogens is 336 g/mol. The summed E-state index contributed by atoms with van der Waals surface area (Å²) in [6.45, 7) is 3.86. The third-order valence-corrected chi connectivity index (χ3v) is 4.13. The maximum Gasteiger partial charge on any atom is 0.259 e. The molecule has 3 rings (SSSR count). The van der Waals surface area contributed by atoms with Crippen molar-refractivity contribution in [2.24, 2.45) is 0 Å². The number of aromatic nitrogens is 2. The van der Waals surface area contributed by atoms with E-state index in [0.29, 0.717) is 22.3 Å². The molecule has 0 spiro atoms. The topological polar surface area (TPSA) is 68.0 Å². The van der Waals surface area contributed by atoms with Crippen LogP contribution in [0.5, 0.6) is 0 Å². The Morgan fingerprint density at radius 3 is 2.67 bits per heavy atom. The molecule has 124 valence electrons. The smallest absolute Gasteiger partial charge is 0.259 e. The lowest BCUT2D eigenvalue weighted by Gasteiger charge is -2.05. The van der Waals surface area contributed by atoms with Gasteiger partial charge in [0, 0.05) is 11.5 Å². The predicted octanol–water partition coefficient (Wildman–Crippen LogP) is 4.45. The molecule has 5 nitrogen and oxygen atoms in total. The number of anilines is 1. The molecule has 0 aliphatic carbocycles. The van der Waals surface area contributed by atoms with Gasteiger partial charge in [0.15, 0.2) is 11.6 Å². The van der Waals surface area contributed by atoms with Gasteiger partial charge < -0.3 is 9.73 Å². The summed E-state index contributed by atoms with van der Waals surface area (Å²) in [5.41, 5.74) is 0.480. The van der Waals surface area contributed by atoms with Crippen molar-refractivity contribution in [1.29, 1.82) is 0 Å². The van der Waals surface area contributed by atoms with Crippen LogP contribution in [0.15, 0.2) is 34.1 Å². The summed E-state index contributed by atoms with van der Waals surface area (Å²) in [4.78, 5) is 12.8. The molecule has 2 heterocycles. The highest BCUT2D eigenvalue weighted by Gasteiger charge is 2.18. The summed E-state index contributed by atoms with van der Waals surface area (Å²) in [5.74, 6) is -1.75. The van der Waals surface area contributed by atoms with E-state index in [2.05, 4.69) is 15.5 Å². The number of carbonyl (C=O) groups is 1. The number of hydrogen-bond donors (Lipinski definition) is 1. The Balaban J connectivity index is 1.84. The molecule has 0 saturated carbocycles. The summed E-state index contributed by atoms with van der Waals surface area (Å²) in [6, 6.07) is 4.65. The summed E-state index contributed by atoms with van der Waals surface area (Å²) in [5, 5.41) is 12.3. The summed E-state index contributed by atoms with van der Waals surface area (Å²) >= 11 is 1.33. The van der Waals surface area contributed by atoms with Crippen LogP contribution in [0, 0.1) is 11.6 Å². The molecule has 24 heavy (non-hydrogen) atoms. The number of thiophene rings is 1. The van der Waals surface area contributed by atoms with Crippen LogP contribution >= 0.6 is 11.3 Å². The molecule has 2 aromatic heterocycles. The highest BCUT2D eigenvalue weighted by molar-refractivity contribution is 7.14. The Morgan fingerprint density at radius 2 is 2.00 bits per heavy atom. The molecule has 3 aromatic rings. The van der Waals surface area contributed by atoms with Gasteiger partial charge in [0.05, 0.1) is 5.69 Å². The largest absolute Gasteiger partial charge is 0.420 e. The molecule has 0 aliphatic heterocycles. The fourth-order valence-electron chi connectivity index (χ4n) is 1.96. The van der Waals surface area contributed by atoms with Gasteiger partial charge in [-0.2, -0.15) is 0 Å². The number of hydrogen-bond acceptors (Lipinski definition) is 5. The van der Waals surface area contributed by atoms with Crippen molar-refractivity contribution in [2.45, 2.75) is 19.8 Å². The minimum Gasteiger partial charge on any atom is -0.420 e. The highest BCUT2D eigenvalue weighted by Crippen LogP contribution is 2.33. The van der Waals surface area contributed by atoms with Gasteiger partial charge in [-0.05, 0) is 29.6 Å². The van der Waals surface area contributed by atoms with Crippen molar-refractivity contribution < 1.29 is 18.0 Å². The van der Waals surface area contributed by atoms with Gasteiger partial charge in [-0.25, -0.2) is 8.78 Å². The number of nitrogens with one attached hydrogen (secondary N) is 1. The molecule has 1 aromatic carbocycles. The van der Waals surface area contributed by atoms with Crippen LogP contribution < -0.4 is 5.32 Å². The Morgan fingerprint density at radius 1 is 1.21 bits per heavy atom. The summed E-state index contributed by atoms with van der Waals surface area (Å²) in [6.07, 6.45) is 0. The first-order valence-corrected chi connectivity index (χ1v) is 8.01. The van der Waals surface area contributed by atoms with Crippen LogP contribution in [0.3, 0.4) is 0 Å². The van der Waals surface area contributed by atoms with Gasteiger partial charge >= 0.3 is 0 Å². The first-order chi connectivity index (χ1) is 11.5. The first-order valence-electron chi connectivity index (χ1n) is 7.13. The number of benzene rings is 1. The van der Waals surface area contributed by atoms with Crippen molar-refractivity contribution in [3.63, 3.8) is 0 Å². The van der Waals surface area contributed by atoms with Crippen LogP contribution in [0.25, 0.3) is 10.8 Å². The molecule has 0 atom stereocenters. The van der Waals surface area contributed by atoms with Crippen LogP contribution in [-0.4, -0.2) is 16.1 Å². The van der Waals surface area contributed by atoms with Crippen LogP contribution in [0.4, 0.5) is 14.5 Å². The maximum absolute atomic E-state index is 13.3. The number of rotatable bonds is 4. The van der Waals surface area contributed by atoms with E-state index in [1.807, 2.05) is 13.8 Å². The lowest BCUT2D eigenvalue weighted by atomic mass is 10.2. The molecule has 8 heteroatoms. The Labute approximate surface area is 140 Å². The summed E-state index contributed by atoms with van der Waals surface area (Å²) in [7, 11) is 0. The third kappa shape index (κ3) is 3.18. The van der Waals surface area contributed by atoms with Crippen LogP contribution in [0.1, 0.15) is 36.0 Å². The van der Waals surface area contributed by atoms with Gasteiger partial charge in [0.1, 0.15) is 4.88 Å². The van der Waals surface area contributed by atoms with E-state index in [0.717, 1.165) is 12.1 Å². The molecule has 0 fully saturated rings. The normalized spacial score (nSPS) is 11.0. The molecule has 1 N–H and O–H groups in total. The average Bonchev–Trinajstić information content (AvgIpc) is 3.18. The van der Waals surface area contributed by atoms with Gasteiger partial charge in [0.25, 0.3) is 11.8 Å². The van der Waals surface area contributed by atoms with Crippen molar-refractivity contribution >= 4 is 22.9 Å². The van der Waals surface area contributed by atoms with Gasteiger partial charge in [-0.15, -0.1) is 21.5 Å². The standard InChI is InChI=1S/C16H13F2N3O2S/c1-8(2)15-20-21-16(23-15)13-12(5-6-24-13)19-14(22)9-3-4-10(17)11(18)7-9/h3-8H,1-2H3,(H,19,22). The number of amides is 1. The number of carbonyl (C=O) groups excluding carboxylic acids is 1. The first kappa shape index (κ1) is 16.3. The highest BCUT2D eigenvalue weighted by atomic mass is 32.1. The van der Waals surface area contributed by atoms with Crippen molar-refractivity contribution in [3.8, 4) is 10.8 Å². The monoisotopic (exact) mass is 349 g/mol. The number of nitrogens with zero attached hydrogens (tertiary/aromatic N) is 2. The third-order valence-electron chi connectivity index (χ3n) is 3.22. The van der Waals surface area contributed by atoms with Gasteiger partial charge in [-0.3, -0.25) is 4.79 Å². The zero-order valence-corrected chi connectivity index (χ0v) is 13.7. The van der Waals surface area contributed by atoms with E-state index in [1.54, 1.807) is 11.4 Å². The van der Waals surface area contributed by atoms with Gasteiger partial charge in [-0.1, -0.05) is 13.8 Å². The van der Waals surface area contributed by atoms with Crippen molar-refractivity contribution in [1.82, 2.24) is 10.2 Å². The zero-order chi connectivity index (χ0) is 17.3. The van der Waals surface area contributed by atoms with E-state index in [1.165, 1.54) is 17.4 Å². The van der Waals surface area contributed by atoms with Crippen molar-refractivity contribution in [2.75, 3.05) is 5.32 Å². The van der Waals surface area contributed by atoms with E-state index in [4.69, 9.17) is 4.42 Å². The summed E-state index contributed by atoms with van der Waals surface area (Å²) < 4.78 is 31.8. The fourth-order valence-corrected chi connectivity index (χ4v) is 2.73. The lowest BCUT2D eigenvalue weighted by Crippen LogP contribution is -2.12. The quantitative estimate of drug-likeness (QED) is 0.755. The minimum atomic E-state index is -1.08. The zero-order valence-electron chi connectivity index (χ0n) is 12.8. The molecule has 0 bridgehead atoms. The van der Waals surface area contributed by atoms with Crippen molar-refractivity contribution in [3.05, 3.63) is 52.7 Å². The molecular formula is C16H13F2N3O2S. The molecule has 0 radical (unpaired) electrons. The molecule has 1 amide bonds. The maximum atomic E-state index is 13.3.